The monoisotopic (exact) mass is 261 g/mol. The van der Waals surface area contributed by atoms with Crippen LogP contribution < -0.4 is 5.73 Å². The first-order valence-corrected chi connectivity index (χ1v) is 5.69. The molecule has 8 heteroatoms. The lowest BCUT2D eigenvalue weighted by molar-refractivity contribution is -0.173. The largest absolute Gasteiger partial charge is 0.480 e. The number of aliphatic carboxylic acids is 1. The molecule has 16 heavy (non-hydrogen) atoms. The van der Waals surface area contributed by atoms with Gasteiger partial charge in [-0.3, -0.25) is 4.79 Å². The van der Waals surface area contributed by atoms with Crippen molar-refractivity contribution in [3.8, 4) is 0 Å². The van der Waals surface area contributed by atoms with E-state index in [0.29, 0.717) is 12.2 Å². The maximum absolute atomic E-state index is 11.6. The Morgan fingerprint density at radius 1 is 1.50 bits per heavy atom. The quantitative estimate of drug-likeness (QED) is 0.640. The SMILES string of the molecule is NC(CSCCCOCC(F)(F)F)C(=O)O. The van der Waals surface area contributed by atoms with Gasteiger partial charge in [0.15, 0.2) is 0 Å². The van der Waals surface area contributed by atoms with Crippen LogP contribution in [0.5, 0.6) is 0 Å². The van der Waals surface area contributed by atoms with E-state index in [1.54, 1.807) is 0 Å². The highest BCUT2D eigenvalue weighted by Gasteiger charge is 2.27. The molecular formula is C8H14F3NO3S. The first-order valence-electron chi connectivity index (χ1n) is 4.53. The van der Waals surface area contributed by atoms with Gasteiger partial charge in [0.25, 0.3) is 0 Å². The third kappa shape index (κ3) is 10.1. The highest BCUT2D eigenvalue weighted by atomic mass is 32.2. The second-order valence-electron chi connectivity index (χ2n) is 3.04. The van der Waals surface area contributed by atoms with Crippen molar-refractivity contribution in [3.63, 3.8) is 0 Å². The Balaban J connectivity index is 3.25. The first kappa shape index (κ1) is 15.5. The molecule has 0 heterocycles. The number of hydrogen-bond acceptors (Lipinski definition) is 4. The molecule has 0 saturated carbocycles. The van der Waals surface area contributed by atoms with Gasteiger partial charge in [0.1, 0.15) is 12.6 Å². The molecular weight excluding hydrogens is 247 g/mol. The summed E-state index contributed by atoms with van der Waals surface area (Å²) in [6, 6.07) is -0.930. The molecule has 0 saturated heterocycles. The van der Waals surface area contributed by atoms with Crippen molar-refractivity contribution >= 4 is 17.7 Å². The number of ether oxygens (including phenoxy) is 1. The van der Waals surface area contributed by atoms with Crippen LogP contribution in [0.1, 0.15) is 6.42 Å². The van der Waals surface area contributed by atoms with E-state index in [1.807, 2.05) is 0 Å². The fourth-order valence-electron chi connectivity index (χ4n) is 0.733. The lowest BCUT2D eigenvalue weighted by atomic mass is 10.4. The third-order valence-corrected chi connectivity index (χ3v) is 2.63. The Kier molecular flexibility index (Phi) is 7.52. The summed E-state index contributed by atoms with van der Waals surface area (Å²) in [6.45, 7) is -1.23. The van der Waals surface area contributed by atoms with E-state index in [1.165, 1.54) is 11.8 Å². The molecule has 0 aliphatic rings. The molecule has 1 atom stereocenters. The highest BCUT2D eigenvalue weighted by Crippen LogP contribution is 2.14. The van der Waals surface area contributed by atoms with Crippen LogP contribution in [0, 0.1) is 0 Å². The van der Waals surface area contributed by atoms with Crippen molar-refractivity contribution < 1.29 is 27.8 Å². The molecule has 0 aromatic rings. The fourth-order valence-corrected chi connectivity index (χ4v) is 1.62. The van der Waals surface area contributed by atoms with Gasteiger partial charge in [-0.1, -0.05) is 0 Å². The Bertz CT molecular complexity index is 213. The zero-order valence-corrected chi connectivity index (χ0v) is 9.31. The number of hydrogen-bond donors (Lipinski definition) is 2. The van der Waals surface area contributed by atoms with E-state index in [0.717, 1.165) is 0 Å². The Hall–Kier alpha value is -0.470. The molecule has 3 N–H and O–H groups in total. The van der Waals surface area contributed by atoms with E-state index in [2.05, 4.69) is 4.74 Å². The molecule has 0 amide bonds. The number of rotatable bonds is 8. The summed E-state index contributed by atoms with van der Waals surface area (Å²) in [5.41, 5.74) is 5.21. The van der Waals surface area contributed by atoms with E-state index in [4.69, 9.17) is 10.8 Å². The lowest BCUT2D eigenvalue weighted by Crippen LogP contribution is -2.32. The van der Waals surface area contributed by atoms with Gasteiger partial charge in [0.2, 0.25) is 0 Å². The second-order valence-corrected chi connectivity index (χ2v) is 4.19. The molecule has 0 rings (SSSR count). The Labute approximate surface area is 95.3 Å². The van der Waals surface area contributed by atoms with Gasteiger partial charge >= 0.3 is 12.1 Å². The number of carbonyl (C=O) groups is 1. The fraction of sp³-hybridized carbons (Fsp3) is 0.875. The van der Waals surface area contributed by atoms with Gasteiger partial charge in [-0.05, 0) is 12.2 Å². The second kappa shape index (κ2) is 7.75. The number of carboxylic acids is 1. The van der Waals surface area contributed by atoms with Crippen LogP contribution in [0.4, 0.5) is 13.2 Å². The molecule has 4 nitrogen and oxygen atoms in total. The van der Waals surface area contributed by atoms with Crippen LogP contribution in [0.3, 0.4) is 0 Å². The van der Waals surface area contributed by atoms with Crippen LogP contribution in [-0.4, -0.2) is 48.0 Å². The van der Waals surface area contributed by atoms with Crippen molar-refractivity contribution in [1.29, 1.82) is 0 Å². The molecule has 0 aliphatic heterocycles. The molecule has 0 aliphatic carbocycles. The van der Waals surface area contributed by atoms with Gasteiger partial charge in [-0.15, -0.1) is 0 Å². The summed E-state index contributed by atoms with van der Waals surface area (Å²) >= 11 is 1.28. The smallest absolute Gasteiger partial charge is 0.411 e. The summed E-state index contributed by atoms with van der Waals surface area (Å²) in [6.07, 6.45) is -3.86. The summed E-state index contributed by atoms with van der Waals surface area (Å²) in [7, 11) is 0. The summed E-state index contributed by atoms with van der Waals surface area (Å²) in [5, 5.41) is 8.42. The molecule has 0 aromatic heterocycles. The Morgan fingerprint density at radius 2 is 2.12 bits per heavy atom. The number of alkyl halides is 3. The molecule has 0 spiro atoms. The third-order valence-electron chi connectivity index (χ3n) is 1.46. The normalized spacial score (nSPS) is 13.8. The minimum absolute atomic E-state index is 0.00875. The van der Waals surface area contributed by atoms with Crippen molar-refractivity contribution in [2.75, 3.05) is 24.7 Å². The maximum Gasteiger partial charge on any atom is 0.411 e. The average Bonchev–Trinajstić information content (AvgIpc) is 2.14. The van der Waals surface area contributed by atoms with Crippen molar-refractivity contribution in [2.45, 2.75) is 18.6 Å². The van der Waals surface area contributed by atoms with E-state index < -0.39 is 24.8 Å². The van der Waals surface area contributed by atoms with Crippen LogP contribution in [-0.2, 0) is 9.53 Å². The predicted octanol–water partition coefficient (Wildman–Crippen LogP) is 1.10. The van der Waals surface area contributed by atoms with Crippen LogP contribution >= 0.6 is 11.8 Å². The lowest BCUT2D eigenvalue weighted by Gasteiger charge is -2.08. The van der Waals surface area contributed by atoms with Gasteiger partial charge in [0.05, 0.1) is 0 Å². The Morgan fingerprint density at radius 3 is 2.62 bits per heavy atom. The number of halogens is 3. The summed E-state index contributed by atoms with van der Waals surface area (Å²) < 4.78 is 39.2. The van der Waals surface area contributed by atoms with Crippen molar-refractivity contribution in [1.82, 2.24) is 0 Å². The molecule has 1 unspecified atom stereocenters. The molecule has 0 aromatic carbocycles. The zero-order chi connectivity index (χ0) is 12.6. The zero-order valence-electron chi connectivity index (χ0n) is 8.50. The van der Waals surface area contributed by atoms with Crippen LogP contribution in [0.15, 0.2) is 0 Å². The minimum atomic E-state index is -4.29. The van der Waals surface area contributed by atoms with E-state index in [9.17, 15) is 18.0 Å². The highest BCUT2D eigenvalue weighted by molar-refractivity contribution is 7.99. The summed E-state index contributed by atoms with van der Waals surface area (Å²) in [4.78, 5) is 10.3. The maximum atomic E-state index is 11.6. The number of thioether (sulfide) groups is 1. The standard InChI is InChI=1S/C8H14F3NO3S/c9-8(10,11)5-15-2-1-3-16-4-6(12)7(13)14/h6H,1-5,12H2,(H,13,14). The first-order chi connectivity index (χ1) is 7.33. The van der Waals surface area contributed by atoms with Crippen LogP contribution in [0.25, 0.3) is 0 Å². The number of nitrogens with two attached hydrogens (primary N) is 1. The summed E-state index contributed by atoms with van der Waals surface area (Å²) in [5.74, 6) is -0.311. The van der Waals surface area contributed by atoms with Crippen LogP contribution in [0.2, 0.25) is 0 Å². The van der Waals surface area contributed by atoms with E-state index >= 15 is 0 Å². The van der Waals surface area contributed by atoms with Gasteiger partial charge in [0, 0.05) is 12.4 Å². The molecule has 0 bridgehead atoms. The molecule has 0 radical (unpaired) electrons. The predicted molar refractivity (Wildman–Crippen MR) is 54.4 cm³/mol. The average molecular weight is 261 g/mol. The van der Waals surface area contributed by atoms with Gasteiger partial charge in [-0.2, -0.15) is 24.9 Å². The van der Waals surface area contributed by atoms with Gasteiger partial charge < -0.3 is 15.6 Å². The topological polar surface area (TPSA) is 72.5 Å². The molecule has 96 valence electrons. The number of carboxylic acid groups (broad SMARTS) is 1. The van der Waals surface area contributed by atoms with E-state index in [-0.39, 0.29) is 12.4 Å². The van der Waals surface area contributed by atoms with Gasteiger partial charge in [-0.25, -0.2) is 0 Å². The van der Waals surface area contributed by atoms with Crippen molar-refractivity contribution in [3.05, 3.63) is 0 Å². The molecule has 0 fully saturated rings. The minimum Gasteiger partial charge on any atom is -0.480 e. The van der Waals surface area contributed by atoms with Crippen molar-refractivity contribution in [2.24, 2.45) is 5.73 Å².